The molecule has 0 saturated heterocycles. The van der Waals surface area contributed by atoms with E-state index in [1.165, 1.54) is 0 Å². The van der Waals surface area contributed by atoms with Gasteiger partial charge < -0.3 is 15.7 Å². The van der Waals surface area contributed by atoms with Crippen molar-refractivity contribution in [2.75, 3.05) is 5.32 Å². The van der Waals surface area contributed by atoms with Crippen molar-refractivity contribution in [3.63, 3.8) is 0 Å². The van der Waals surface area contributed by atoms with Gasteiger partial charge in [-0.15, -0.1) is 0 Å². The molecule has 114 valence electrons. The molecule has 3 N–H and O–H groups in total. The number of carboxylic acid groups (broad SMARTS) is 1. The number of hydrogen-bond donors (Lipinski definition) is 3. The van der Waals surface area contributed by atoms with Crippen molar-refractivity contribution in [2.24, 2.45) is 0 Å². The standard InChI is InChI=1S/C15H19BrN2O3/c1-10-8-11(4-5-12(10)16)17-14(21)18-15(9-13(19)20)6-2-3-7-15/h4-5,8H,2-3,6-7,9H2,1H3,(H,19,20)(H2,17,18,21). The smallest absolute Gasteiger partial charge is 0.319 e. The topological polar surface area (TPSA) is 78.4 Å². The molecule has 0 aromatic heterocycles. The molecule has 0 unspecified atom stereocenters. The Morgan fingerprint density at radius 1 is 1.33 bits per heavy atom. The summed E-state index contributed by atoms with van der Waals surface area (Å²) in [7, 11) is 0. The Kier molecular flexibility index (Phi) is 4.88. The summed E-state index contributed by atoms with van der Waals surface area (Å²) in [6, 6.07) is 5.19. The Bertz CT molecular complexity index is 554. The van der Waals surface area contributed by atoms with Gasteiger partial charge in [0.1, 0.15) is 0 Å². The molecule has 6 heteroatoms. The summed E-state index contributed by atoms with van der Waals surface area (Å²) >= 11 is 3.41. The van der Waals surface area contributed by atoms with E-state index in [0.717, 1.165) is 22.9 Å². The molecule has 0 aliphatic heterocycles. The number of nitrogens with one attached hydrogen (secondary N) is 2. The molecule has 0 heterocycles. The maximum absolute atomic E-state index is 12.1. The van der Waals surface area contributed by atoms with Crippen LogP contribution in [0.15, 0.2) is 22.7 Å². The third-order valence-corrected chi connectivity index (χ3v) is 4.73. The predicted molar refractivity (Wildman–Crippen MR) is 84.5 cm³/mol. The zero-order chi connectivity index (χ0) is 15.5. The molecule has 2 rings (SSSR count). The molecule has 1 aromatic rings. The summed E-state index contributed by atoms with van der Waals surface area (Å²) in [5.74, 6) is -0.878. The lowest BCUT2D eigenvalue weighted by Crippen LogP contribution is -2.49. The second kappa shape index (κ2) is 6.47. The summed E-state index contributed by atoms with van der Waals surface area (Å²) in [6.45, 7) is 1.94. The SMILES string of the molecule is Cc1cc(NC(=O)NC2(CC(=O)O)CCCC2)ccc1Br. The summed E-state index contributed by atoms with van der Waals surface area (Å²) in [6.07, 6.45) is 3.30. The minimum atomic E-state index is -0.878. The predicted octanol–water partition coefficient (Wildman–Crippen LogP) is 3.67. The van der Waals surface area contributed by atoms with Crippen LogP contribution in [0.5, 0.6) is 0 Å². The van der Waals surface area contributed by atoms with E-state index in [1.54, 1.807) is 6.07 Å². The number of aryl methyl sites for hydroxylation is 1. The van der Waals surface area contributed by atoms with Crippen molar-refractivity contribution in [1.29, 1.82) is 0 Å². The second-order valence-corrected chi connectivity index (χ2v) is 6.46. The average Bonchev–Trinajstić information content (AvgIpc) is 2.80. The van der Waals surface area contributed by atoms with Crippen LogP contribution in [0.4, 0.5) is 10.5 Å². The minimum Gasteiger partial charge on any atom is -0.481 e. The highest BCUT2D eigenvalue weighted by atomic mass is 79.9. The number of halogens is 1. The van der Waals surface area contributed by atoms with Crippen LogP contribution < -0.4 is 10.6 Å². The number of urea groups is 1. The maximum Gasteiger partial charge on any atom is 0.319 e. The monoisotopic (exact) mass is 354 g/mol. The number of aliphatic carboxylic acids is 1. The fourth-order valence-corrected chi connectivity index (χ4v) is 3.06. The number of hydrogen-bond acceptors (Lipinski definition) is 2. The van der Waals surface area contributed by atoms with E-state index in [4.69, 9.17) is 5.11 Å². The lowest BCUT2D eigenvalue weighted by Gasteiger charge is -2.28. The molecule has 1 aliphatic carbocycles. The highest BCUT2D eigenvalue weighted by molar-refractivity contribution is 9.10. The molecule has 0 bridgehead atoms. The molecule has 2 amide bonds. The first-order chi connectivity index (χ1) is 9.90. The van der Waals surface area contributed by atoms with Gasteiger partial charge in [-0.05, 0) is 43.5 Å². The van der Waals surface area contributed by atoms with Gasteiger partial charge >= 0.3 is 12.0 Å². The lowest BCUT2D eigenvalue weighted by molar-refractivity contribution is -0.138. The van der Waals surface area contributed by atoms with E-state index < -0.39 is 11.5 Å². The van der Waals surface area contributed by atoms with E-state index in [1.807, 2.05) is 19.1 Å². The molecule has 1 aromatic carbocycles. The largest absolute Gasteiger partial charge is 0.481 e. The first-order valence-electron chi connectivity index (χ1n) is 6.97. The lowest BCUT2D eigenvalue weighted by atomic mass is 9.93. The van der Waals surface area contributed by atoms with E-state index in [2.05, 4.69) is 26.6 Å². The molecule has 1 fully saturated rings. The minimum absolute atomic E-state index is 0.0280. The van der Waals surface area contributed by atoms with Gasteiger partial charge in [-0.1, -0.05) is 28.8 Å². The Hall–Kier alpha value is -1.56. The van der Waals surface area contributed by atoms with Crippen molar-refractivity contribution in [3.05, 3.63) is 28.2 Å². The number of carboxylic acids is 1. The molecule has 0 atom stereocenters. The van der Waals surface area contributed by atoms with E-state index in [-0.39, 0.29) is 12.5 Å². The van der Waals surface area contributed by atoms with Crippen LogP contribution in [0.2, 0.25) is 0 Å². The first kappa shape index (κ1) is 15.8. The number of carbonyl (C=O) groups excluding carboxylic acids is 1. The summed E-state index contributed by atoms with van der Waals surface area (Å²) in [5, 5.41) is 14.7. The van der Waals surface area contributed by atoms with Gasteiger partial charge in [0, 0.05) is 10.2 Å². The highest BCUT2D eigenvalue weighted by Gasteiger charge is 2.37. The molecule has 21 heavy (non-hydrogen) atoms. The third-order valence-electron chi connectivity index (χ3n) is 3.84. The average molecular weight is 355 g/mol. The Balaban J connectivity index is 2.02. The van der Waals surface area contributed by atoms with Crippen LogP contribution in [0.25, 0.3) is 0 Å². The Morgan fingerprint density at radius 3 is 2.57 bits per heavy atom. The van der Waals surface area contributed by atoms with Gasteiger partial charge in [0.25, 0.3) is 0 Å². The number of anilines is 1. The number of rotatable bonds is 4. The van der Waals surface area contributed by atoms with Gasteiger partial charge in [0.15, 0.2) is 0 Å². The van der Waals surface area contributed by atoms with Gasteiger partial charge in [-0.3, -0.25) is 4.79 Å². The van der Waals surface area contributed by atoms with Gasteiger partial charge in [0.2, 0.25) is 0 Å². The van der Waals surface area contributed by atoms with Crippen molar-refractivity contribution >= 4 is 33.6 Å². The zero-order valence-electron chi connectivity index (χ0n) is 11.9. The van der Waals surface area contributed by atoms with Crippen molar-refractivity contribution in [2.45, 2.75) is 44.6 Å². The zero-order valence-corrected chi connectivity index (χ0v) is 13.5. The molecular weight excluding hydrogens is 336 g/mol. The van der Waals surface area contributed by atoms with Crippen molar-refractivity contribution in [1.82, 2.24) is 5.32 Å². The fraction of sp³-hybridized carbons (Fsp3) is 0.467. The maximum atomic E-state index is 12.1. The van der Waals surface area contributed by atoms with E-state index in [9.17, 15) is 9.59 Å². The first-order valence-corrected chi connectivity index (χ1v) is 7.77. The second-order valence-electron chi connectivity index (χ2n) is 5.60. The highest BCUT2D eigenvalue weighted by Crippen LogP contribution is 2.32. The summed E-state index contributed by atoms with van der Waals surface area (Å²) in [5.41, 5.74) is 1.10. The number of amides is 2. The van der Waals surface area contributed by atoms with Crippen molar-refractivity contribution < 1.29 is 14.7 Å². The van der Waals surface area contributed by atoms with Crippen LogP contribution in [0.1, 0.15) is 37.7 Å². The third kappa shape index (κ3) is 4.20. The van der Waals surface area contributed by atoms with Crippen LogP contribution in [0, 0.1) is 6.92 Å². The van der Waals surface area contributed by atoms with Crippen LogP contribution in [0.3, 0.4) is 0 Å². The van der Waals surface area contributed by atoms with Crippen LogP contribution in [-0.4, -0.2) is 22.6 Å². The quantitative estimate of drug-likeness (QED) is 0.771. The van der Waals surface area contributed by atoms with E-state index >= 15 is 0 Å². The Morgan fingerprint density at radius 2 is 2.00 bits per heavy atom. The molecule has 0 spiro atoms. The van der Waals surface area contributed by atoms with Gasteiger partial charge in [-0.2, -0.15) is 0 Å². The van der Waals surface area contributed by atoms with Crippen LogP contribution >= 0.6 is 15.9 Å². The molecule has 1 aliphatic rings. The van der Waals surface area contributed by atoms with Crippen molar-refractivity contribution in [3.8, 4) is 0 Å². The summed E-state index contributed by atoms with van der Waals surface area (Å²) < 4.78 is 0.978. The number of carbonyl (C=O) groups is 2. The number of benzene rings is 1. The fourth-order valence-electron chi connectivity index (χ4n) is 2.81. The van der Waals surface area contributed by atoms with Gasteiger partial charge in [0.05, 0.1) is 12.0 Å². The summed E-state index contributed by atoms with van der Waals surface area (Å²) in [4.78, 5) is 23.1. The van der Waals surface area contributed by atoms with Crippen LogP contribution in [-0.2, 0) is 4.79 Å². The molecule has 0 radical (unpaired) electrons. The van der Waals surface area contributed by atoms with Gasteiger partial charge in [-0.25, -0.2) is 4.79 Å². The molecular formula is C15H19BrN2O3. The Labute approximate surface area is 132 Å². The van der Waals surface area contributed by atoms with E-state index in [0.29, 0.717) is 18.5 Å². The molecule has 5 nitrogen and oxygen atoms in total. The normalized spacial score (nSPS) is 16.5. The molecule has 1 saturated carbocycles.